The molecule has 0 unspecified atom stereocenters. The number of nitrogens with one attached hydrogen (secondary N) is 1. The van der Waals surface area contributed by atoms with Gasteiger partial charge in [-0.3, -0.25) is 9.88 Å². The monoisotopic (exact) mass is 363 g/mol. The molecule has 1 N–H and O–H groups in total. The van der Waals surface area contributed by atoms with E-state index in [4.69, 9.17) is 9.47 Å². The Morgan fingerprint density at radius 3 is 2.68 bits per heavy atom. The minimum atomic E-state index is 0. The van der Waals surface area contributed by atoms with Gasteiger partial charge in [-0.2, -0.15) is 0 Å². The van der Waals surface area contributed by atoms with Crippen molar-refractivity contribution in [1.82, 2.24) is 15.2 Å². The first-order chi connectivity index (χ1) is 11.7. The van der Waals surface area contributed by atoms with Crippen LogP contribution in [-0.4, -0.2) is 42.7 Å². The summed E-state index contributed by atoms with van der Waals surface area (Å²) in [6.07, 6.45) is 3.54. The van der Waals surface area contributed by atoms with E-state index in [1.807, 2.05) is 18.2 Å². The Kier molecular flexibility index (Phi) is 7.50. The number of aromatic nitrogens is 1. The third kappa shape index (κ3) is 5.59. The summed E-state index contributed by atoms with van der Waals surface area (Å²) in [5.41, 5.74) is 2.34. The van der Waals surface area contributed by atoms with Crippen LogP contribution in [-0.2, 0) is 13.2 Å². The standard InChI is InChI=1S/C19H25N3O2.ClH/c1-15-12-22(10-9-21-15)13-17-3-4-18(19(11-17)23-2)24-14-16-5-7-20-8-6-16;/h3-8,11,15,21H,9-10,12-14H2,1-2H3;1H/t15-;/m1./s1. The molecule has 0 saturated carbocycles. The Hall–Kier alpha value is -1.82. The summed E-state index contributed by atoms with van der Waals surface area (Å²) < 4.78 is 11.4. The minimum absolute atomic E-state index is 0. The number of hydrogen-bond acceptors (Lipinski definition) is 5. The van der Waals surface area contributed by atoms with Crippen LogP contribution in [0.25, 0.3) is 0 Å². The predicted octanol–water partition coefficient (Wildman–Crippen LogP) is 2.88. The zero-order chi connectivity index (χ0) is 16.8. The van der Waals surface area contributed by atoms with Crippen molar-refractivity contribution in [2.24, 2.45) is 0 Å². The number of methoxy groups -OCH3 is 1. The van der Waals surface area contributed by atoms with Crippen molar-refractivity contribution in [2.45, 2.75) is 26.1 Å². The van der Waals surface area contributed by atoms with E-state index in [1.54, 1.807) is 19.5 Å². The van der Waals surface area contributed by atoms with E-state index in [2.05, 4.69) is 34.3 Å². The number of hydrogen-bond donors (Lipinski definition) is 1. The van der Waals surface area contributed by atoms with Crippen molar-refractivity contribution >= 4 is 12.4 Å². The van der Waals surface area contributed by atoms with Crippen LogP contribution in [0.1, 0.15) is 18.1 Å². The highest BCUT2D eigenvalue weighted by Crippen LogP contribution is 2.29. The molecule has 1 aromatic carbocycles. The van der Waals surface area contributed by atoms with Gasteiger partial charge < -0.3 is 14.8 Å². The second-order valence-electron chi connectivity index (χ2n) is 6.22. The van der Waals surface area contributed by atoms with Crippen LogP contribution in [0.5, 0.6) is 11.5 Å². The highest BCUT2D eigenvalue weighted by atomic mass is 35.5. The third-order valence-corrected chi connectivity index (χ3v) is 4.23. The fourth-order valence-corrected chi connectivity index (χ4v) is 2.98. The summed E-state index contributed by atoms with van der Waals surface area (Å²) >= 11 is 0. The van der Waals surface area contributed by atoms with Crippen molar-refractivity contribution in [2.75, 3.05) is 26.7 Å². The molecule has 1 aliphatic heterocycles. The maximum atomic E-state index is 5.90. The summed E-state index contributed by atoms with van der Waals surface area (Å²) in [4.78, 5) is 6.48. The average molecular weight is 364 g/mol. The van der Waals surface area contributed by atoms with Gasteiger partial charge in [-0.1, -0.05) is 6.07 Å². The van der Waals surface area contributed by atoms with E-state index in [0.717, 1.165) is 43.2 Å². The van der Waals surface area contributed by atoms with Crippen LogP contribution in [0.4, 0.5) is 0 Å². The van der Waals surface area contributed by atoms with Crippen molar-refractivity contribution in [3.8, 4) is 11.5 Å². The van der Waals surface area contributed by atoms with Crippen molar-refractivity contribution in [3.63, 3.8) is 0 Å². The molecule has 1 atom stereocenters. The highest BCUT2D eigenvalue weighted by Gasteiger charge is 2.16. The van der Waals surface area contributed by atoms with Crippen molar-refractivity contribution in [1.29, 1.82) is 0 Å². The molecule has 0 radical (unpaired) electrons. The van der Waals surface area contributed by atoms with Gasteiger partial charge in [0.05, 0.1) is 7.11 Å². The molecule has 1 fully saturated rings. The van der Waals surface area contributed by atoms with Gasteiger partial charge in [0.15, 0.2) is 11.5 Å². The summed E-state index contributed by atoms with van der Waals surface area (Å²) in [6, 6.07) is 10.6. The number of pyridine rings is 1. The fraction of sp³-hybridized carbons (Fsp3) is 0.421. The molecule has 0 bridgehead atoms. The van der Waals surface area contributed by atoms with Gasteiger partial charge >= 0.3 is 0 Å². The van der Waals surface area contributed by atoms with E-state index in [1.165, 1.54) is 5.56 Å². The molecule has 2 aromatic rings. The van der Waals surface area contributed by atoms with Crippen LogP contribution in [0.15, 0.2) is 42.7 Å². The summed E-state index contributed by atoms with van der Waals surface area (Å²) in [5.74, 6) is 1.55. The Bertz CT molecular complexity index is 654. The SMILES string of the molecule is COc1cc(CN2CCN[C@H](C)C2)ccc1OCc1ccncc1.Cl. The van der Waals surface area contributed by atoms with Crippen LogP contribution in [0, 0.1) is 0 Å². The number of ether oxygens (including phenoxy) is 2. The number of benzene rings is 1. The van der Waals surface area contributed by atoms with Crippen LogP contribution in [0.3, 0.4) is 0 Å². The topological polar surface area (TPSA) is 46.6 Å². The number of rotatable bonds is 6. The van der Waals surface area contributed by atoms with E-state index in [0.29, 0.717) is 12.6 Å². The molecule has 1 aromatic heterocycles. The first kappa shape index (κ1) is 19.5. The first-order valence-electron chi connectivity index (χ1n) is 8.39. The average Bonchev–Trinajstić information content (AvgIpc) is 2.61. The molecule has 2 heterocycles. The molecule has 0 amide bonds. The second-order valence-corrected chi connectivity index (χ2v) is 6.22. The third-order valence-electron chi connectivity index (χ3n) is 4.23. The van der Waals surface area contributed by atoms with Crippen LogP contribution in [0.2, 0.25) is 0 Å². The van der Waals surface area contributed by atoms with E-state index in [-0.39, 0.29) is 12.4 Å². The molecule has 1 aliphatic rings. The fourth-order valence-electron chi connectivity index (χ4n) is 2.98. The highest BCUT2D eigenvalue weighted by molar-refractivity contribution is 5.85. The summed E-state index contributed by atoms with van der Waals surface area (Å²) in [6.45, 7) is 6.87. The first-order valence-corrected chi connectivity index (χ1v) is 8.39. The maximum Gasteiger partial charge on any atom is 0.161 e. The lowest BCUT2D eigenvalue weighted by Gasteiger charge is -2.31. The predicted molar refractivity (Wildman–Crippen MR) is 102 cm³/mol. The molecule has 0 spiro atoms. The number of halogens is 1. The second kappa shape index (κ2) is 9.61. The smallest absolute Gasteiger partial charge is 0.161 e. The molecule has 5 nitrogen and oxygen atoms in total. The molecule has 1 saturated heterocycles. The lowest BCUT2D eigenvalue weighted by molar-refractivity contribution is 0.199. The Morgan fingerprint density at radius 2 is 1.96 bits per heavy atom. The van der Waals surface area contributed by atoms with E-state index >= 15 is 0 Å². The lowest BCUT2D eigenvalue weighted by atomic mass is 10.1. The van der Waals surface area contributed by atoms with Gasteiger partial charge in [0.25, 0.3) is 0 Å². The van der Waals surface area contributed by atoms with Crippen molar-refractivity contribution < 1.29 is 9.47 Å². The van der Waals surface area contributed by atoms with E-state index < -0.39 is 0 Å². The molecular weight excluding hydrogens is 338 g/mol. The number of nitrogens with zero attached hydrogens (tertiary/aromatic N) is 2. The largest absolute Gasteiger partial charge is 0.493 e. The Labute approximate surface area is 155 Å². The zero-order valence-electron chi connectivity index (χ0n) is 14.8. The number of piperazine rings is 1. The Morgan fingerprint density at radius 1 is 1.16 bits per heavy atom. The molecule has 25 heavy (non-hydrogen) atoms. The quantitative estimate of drug-likeness (QED) is 0.855. The van der Waals surface area contributed by atoms with Crippen LogP contribution < -0.4 is 14.8 Å². The maximum absolute atomic E-state index is 5.90. The van der Waals surface area contributed by atoms with Gasteiger partial charge in [-0.15, -0.1) is 12.4 Å². The minimum Gasteiger partial charge on any atom is -0.493 e. The lowest BCUT2D eigenvalue weighted by Crippen LogP contribution is -2.48. The van der Waals surface area contributed by atoms with Crippen molar-refractivity contribution in [3.05, 3.63) is 53.9 Å². The normalized spacial score (nSPS) is 17.6. The Balaban J connectivity index is 0.00000225. The van der Waals surface area contributed by atoms with Gasteiger partial charge in [0, 0.05) is 44.6 Å². The molecular formula is C19H26ClN3O2. The van der Waals surface area contributed by atoms with Gasteiger partial charge in [0.1, 0.15) is 6.61 Å². The summed E-state index contributed by atoms with van der Waals surface area (Å²) in [5, 5.41) is 3.47. The van der Waals surface area contributed by atoms with Gasteiger partial charge in [0.2, 0.25) is 0 Å². The molecule has 3 rings (SSSR count). The van der Waals surface area contributed by atoms with E-state index in [9.17, 15) is 0 Å². The molecule has 0 aliphatic carbocycles. The summed E-state index contributed by atoms with van der Waals surface area (Å²) in [7, 11) is 1.69. The molecule has 136 valence electrons. The van der Waals surface area contributed by atoms with Gasteiger partial charge in [-0.25, -0.2) is 0 Å². The van der Waals surface area contributed by atoms with Crippen LogP contribution >= 0.6 is 12.4 Å². The zero-order valence-corrected chi connectivity index (χ0v) is 15.6. The van der Waals surface area contributed by atoms with Gasteiger partial charge in [-0.05, 0) is 42.3 Å². The molecule has 6 heteroatoms.